The van der Waals surface area contributed by atoms with Crippen LogP contribution in [0.3, 0.4) is 0 Å². The van der Waals surface area contributed by atoms with Gasteiger partial charge in [0.1, 0.15) is 11.9 Å². The molecule has 2 rings (SSSR count). The highest BCUT2D eigenvalue weighted by Crippen LogP contribution is 2.21. The fourth-order valence-corrected chi connectivity index (χ4v) is 3.03. The minimum Gasteiger partial charge on any atom is -0.497 e. The number of ether oxygens (including phenoxy) is 2. The first-order valence-electron chi connectivity index (χ1n) is 9.48. The van der Waals surface area contributed by atoms with Gasteiger partial charge in [-0.3, -0.25) is 9.79 Å². The Kier molecular flexibility index (Phi) is 8.79. The van der Waals surface area contributed by atoms with E-state index < -0.39 is 0 Å². The molecule has 1 aliphatic carbocycles. The number of carbonyl (C=O) groups excluding carboxylic acids is 1. The smallest absolute Gasteiger partial charge is 0.306 e. The fraction of sp³-hybridized carbons (Fsp3) is 0.600. The number of hydrogen-bond donors (Lipinski definition) is 2. The molecule has 0 aromatic heterocycles. The molecule has 0 bridgehead atoms. The number of guanidine groups is 1. The van der Waals surface area contributed by atoms with E-state index in [0.29, 0.717) is 13.0 Å². The lowest BCUT2D eigenvalue weighted by atomic mass is 10.1. The van der Waals surface area contributed by atoms with Gasteiger partial charge in [0, 0.05) is 26.6 Å². The first-order valence-corrected chi connectivity index (χ1v) is 9.48. The molecule has 0 aliphatic heterocycles. The van der Waals surface area contributed by atoms with E-state index in [2.05, 4.69) is 27.8 Å². The van der Waals surface area contributed by atoms with Crippen molar-refractivity contribution in [1.82, 2.24) is 10.6 Å². The van der Waals surface area contributed by atoms with Crippen molar-refractivity contribution >= 4 is 11.9 Å². The molecule has 0 spiro atoms. The highest BCUT2D eigenvalue weighted by Gasteiger charge is 2.18. The van der Waals surface area contributed by atoms with Crippen LogP contribution in [0.5, 0.6) is 5.75 Å². The van der Waals surface area contributed by atoms with Crippen molar-refractivity contribution in [3.8, 4) is 5.75 Å². The van der Waals surface area contributed by atoms with Crippen LogP contribution in [0.2, 0.25) is 0 Å². The maximum Gasteiger partial charge on any atom is 0.306 e. The number of aliphatic imine (C=N–C) groups is 1. The van der Waals surface area contributed by atoms with Gasteiger partial charge in [-0.25, -0.2) is 0 Å². The average molecular weight is 361 g/mol. The van der Waals surface area contributed by atoms with Crippen LogP contribution < -0.4 is 15.4 Å². The molecule has 144 valence electrons. The number of benzene rings is 1. The molecule has 6 nitrogen and oxygen atoms in total. The van der Waals surface area contributed by atoms with Crippen molar-refractivity contribution < 1.29 is 14.3 Å². The number of hydrogen-bond acceptors (Lipinski definition) is 4. The van der Waals surface area contributed by atoms with Crippen molar-refractivity contribution in [2.45, 2.75) is 51.0 Å². The fourth-order valence-electron chi connectivity index (χ4n) is 3.03. The number of nitrogens with zero attached hydrogens (tertiary/aromatic N) is 1. The maximum absolute atomic E-state index is 11.8. The minimum absolute atomic E-state index is 0.0823. The monoisotopic (exact) mass is 361 g/mol. The molecule has 1 fully saturated rings. The van der Waals surface area contributed by atoms with Gasteiger partial charge in [-0.15, -0.1) is 0 Å². The largest absolute Gasteiger partial charge is 0.497 e. The SMILES string of the molecule is CN=C(NCCCC(=O)OC1CCCC1)NCCc1ccc(OC)cc1. The third kappa shape index (κ3) is 7.33. The lowest BCUT2D eigenvalue weighted by Crippen LogP contribution is -2.38. The Hall–Kier alpha value is -2.24. The zero-order valence-electron chi connectivity index (χ0n) is 15.9. The molecule has 1 aromatic carbocycles. The summed E-state index contributed by atoms with van der Waals surface area (Å²) in [5, 5.41) is 6.52. The third-order valence-corrected chi connectivity index (χ3v) is 4.54. The van der Waals surface area contributed by atoms with Crippen LogP contribution in [0.15, 0.2) is 29.3 Å². The van der Waals surface area contributed by atoms with Crippen molar-refractivity contribution in [3.05, 3.63) is 29.8 Å². The second-order valence-electron chi connectivity index (χ2n) is 6.52. The van der Waals surface area contributed by atoms with Crippen LogP contribution in [-0.2, 0) is 16.0 Å². The van der Waals surface area contributed by atoms with Gasteiger partial charge in [0.05, 0.1) is 7.11 Å². The van der Waals surface area contributed by atoms with Gasteiger partial charge in [0.15, 0.2) is 5.96 Å². The first-order chi connectivity index (χ1) is 12.7. The van der Waals surface area contributed by atoms with Crippen molar-refractivity contribution in [2.24, 2.45) is 4.99 Å². The molecule has 0 saturated heterocycles. The highest BCUT2D eigenvalue weighted by atomic mass is 16.5. The molecule has 1 aromatic rings. The van der Waals surface area contributed by atoms with Gasteiger partial charge < -0.3 is 20.1 Å². The zero-order valence-corrected chi connectivity index (χ0v) is 15.9. The second-order valence-corrected chi connectivity index (χ2v) is 6.52. The van der Waals surface area contributed by atoms with Gasteiger partial charge >= 0.3 is 5.97 Å². The summed E-state index contributed by atoms with van der Waals surface area (Å²) < 4.78 is 10.6. The van der Waals surface area contributed by atoms with Gasteiger partial charge in [-0.2, -0.15) is 0 Å². The zero-order chi connectivity index (χ0) is 18.6. The Morgan fingerprint density at radius 1 is 1.15 bits per heavy atom. The molecule has 26 heavy (non-hydrogen) atoms. The Balaban J connectivity index is 1.56. The molecule has 1 saturated carbocycles. The third-order valence-electron chi connectivity index (χ3n) is 4.54. The topological polar surface area (TPSA) is 72.0 Å². The summed E-state index contributed by atoms with van der Waals surface area (Å²) in [6.45, 7) is 1.48. The maximum atomic E-state index is 11.8. The lowest BCUT2D eigenvalue weighted by molar-refractivity contribution is -0.148. The van der Waals surface area contributed by atoms with E-state index in [0.717, 1.165) is 43.9 Å². The molecule has 0 radical (unpaired) electrons. The summed E-state index contributed by atoms with van der Waals surface area (Å²) in [7, 11) is 3.41. The van der Waals surface area contributed by atoms with E-state index in [4.69, 9.17) is 9.47 Å². The van der Waals surface area contributed by atoms with Crippen LogP contribution in [0, 0.1) is 0 Å². The second kappa shape index (κ2) is 11.4. The predicted octanol–water partition coefficient (Wildman–Crippen LogP) is 2.67. The van der Waals surface area contributed by atoms with E-state index in [1.54, 1.807) is 14.2 Å². The predicted molar refractivity (Wildman–Crippen MR) is 104 cm³/mol. The highest BCUT2D eigenvalue weighted by molar-refractivity contribution is 5.79. The lowest BCUT2D eigenvalue weighted by Gasteiger charge is -2.13. The van der Waals surface area contributed by atoms with Crippen LogP contribution in [0.25, 0.3) is 0 Å². The van der Waals surface area contributed by atoms with Crippen LogP contribution in [0.4, 0.5) is 0 Å². The summed E-state index contributed by atoms with van der Waals surface area (Å²) in [6.07, 6.45) is 6.65. The van der Waals surface area contributed by atoms with Gasteiger partial charge in [-0.1, -0.05) is 12.1 Å². The molecule has 1 aliphatic rings. The number of carbonyl (C=O) groups is 1. The number of methoxy groups -OCH3 is 1. The van der Waals surface area contributed by atoms with Crippen molar-refractivity contribution in [1.29, 1.82) is 0 Å². The molecule has 0 amide bonds. The van der Waals surface area contributed by atoms with Crippen molar-refractivity contribution in [2.75, 3.05) is 27.2 Å². The number of esters is 1. The summed E-state index contributed by atoms with van der Waals surface area (Å²) in [4.78, 5) is 16.0. The van der Waals surface area contributed by atoms with Gasteiger partial charge in [-0.05, 0) is 56.2 Å². The van der Waals surface area contributed by atoms with Gasteiger partial charge in [0.2, 0.25) is 0 Å². The molecular formula is C20H31N3O3. The summed E-state index contributed by atoms with van der Waals surface area (Å²) >= 11 is 0. The molecule has 6 heteroatoms. The Labute approximate surface area is 156 Å². The normalized spacial score (nSPS) is 14.9. The molecule has 2 N–H and O–H groups in total. The van der Waals surface area contributed by atoms with Gasteiger partial charge in [0.25, 0.3) is 0 Å². The average Bonchev–Trinajstić information content (AvgIpc) is 3.17. The quantitative estimate of drug-likeness (QED) is 0.306. The van der Waals surface area contributed by atoms with E-state index in [1.807, 2.05) is 12.1 Å². The standard InChI is InChI=1S/C20H31N3O3/c1-21-20(23-15-13-16-9-11-17(25-2)12-10-16)22-14-5-8-19(24)26-18-6-3-4-7-18/h9-12,18H,3-8,13-15H2,1-2H3,(H2,21,22,23). The van der Waals surface area contributed by atoms with E-state index in [9.17, 15) is 4.79 Å². The van der Waals surface area contributed by atoms with Crippen LogP contribution in [0.1, 0.15) is 44.1 Å². The van der Waals surface area contributed by atoms with E-state index >= 15 is 0 Å². The Bertz CT molecular complexity index is 566. The van der Waals surface area contributed by atoms with Crippen LogP contribution in [-0.4, -0.2) is 45.3 Å². The minimum atomic E-state index is -0.0823. The Morgan fingerprint density at radius 3 is 2.50 bits per heavy atom. The summed E-state index contributed by atoms with van der Waals surface area (Å²) in [5.74, 6) is 1.54. The molecular weight excluding hydrogens is 330 g/mol. The number of rotatable bonds is 9. The number of nitrogens with one attached hydrogen (secondary N) is 2. The van der Waals surface area contributed by atoms with E-state index in [1.165, 1.54) is 18.4 Å². The van der Waals surface area contributed by atoms with E-state index in [-0.39, 0.29) is 12.1 Å². The van der Waals surface area contributed by atoms with Crippen molar-refractivity contribution in [3.63, 3.8) is 0 Å². The first kappa shape index (κ1) is 20.1. The Morgan fingerprint density at radius 2 is 1.85 bits per heavy atom. The van der Waals surface area contributed by atoms with Crippen LogP contribution >= 0.6 is 0 Å². The molecule has 0 atom stereocenters. The summed E-state index contributed by atoms with van der Waals surface area (Å²) in [5.41, 5.74) is 1.24. The molecule has 0 heterocycles. The summed E-state index contributed by atoms with van der Waals surface area (Å²) in [6, 6.07) is 8.06. The molecule has 0 unspecified atom stereocenters.